The monoisotopic (exact) mass is 381 g/mol. The molecule has 0 unspecified atom stereocenters. The molecule has 0 aliphatic rings. The van der Waals surface area contributed by atoms with Gasteiger partial charge < -0.3 is 0 Å². The predicted molar refractivity (Wildman–Crippen MR) is 122 cm³/mol. The van der Waals surface area contributed by atoms with Gasteiger partial charge in [0.25, 0.3) is 0 Å². The molecule has 0 amide bonds. The molecule has 2 heteroatoms. The quantitative estimate of drug-likeness (QED) is 0.375. The van der Waals surface area contributed by atoms with Crippen LogP contribution in [0.3, 0.4) is 0 Å². The molecule has 0 spiro atoms. The Labute approximate surface area is 174 Å². The summed E-state index contributed by atoms with van der Waals surface area (Å²) in [6.07, 6.45) is 0. The van der Waals surface area contributed by atoms with E-state index >= 15 is 0 Å². The van der Waals surface area contributed by atoms with E-state index in [1.54, 1.807) is 0 Å². The third-order valence-electron chi connectivity index (χ3n) is 5.92. The van der Waals surface area contributed by atoms with E-state index in [4.69, 9.17) is 0 Å². The normalized spacial score (nSPS) is 11.1. The summed E-state index contributed by atoms with van der Waals surface area (Å²) in [6, 6.07) is 24.3. The van der Waals surface area contributed by atoms with E-state index in [2.05, 4.69) is 118 Å². The summed E-state index contributed by atoms with van der Waals surface area (Å²) < 4.78 is 4.50. The SMILES string of the molecule is Cc1cc(-c2c(C)cc(-c3ccccc3)cc2C)ccc1-n1c(C)cc(C)[n+]1C. The van der Waals surface area contributed by atoms with Crippen molar-refractivity contribution in [1.29, 1.82) is 0 Å². The van der Waals surface area contributed by atoms with Crippen molar-refractivity contribution >= 4 is 0 Å². The van der Waals surface area contributed by atoms with Gasteiger partial charge in [0.2, 0.25) is 5.69 Å². The number of rotatable bonds is 3. The van der Waals surface area contributed by atoms with Crippen LogP contribution in [-0.2, 0) is 7.05 Å². The maximum atomic E-state index is 2.32. The van der Waals surface area contributed by atoms with Crippen molar-refractivity contribution in [3.8, 4) is 27.9 Å². The highest BCUT2D eigenvalue weighted by Gasteiger charge is 2.18. The van der Waals surface area contributed by atoms with E-state index < -0.39 is 0 Å². The Morgan fingerprint density at radius 2 is 1.24 bits per heavy atom. The average molecular weight is 382 g/mol. The van der Waals surface area contributed by atoms with E-state index in [0.29, 0.717) is 0 Å². The zero-order chi connectivity index (χ0) is 20.7. The number of nitrogens with zero attached hydrogens (tertiary/aromatic N) is 2. The van der Waals surface area contributed by atoms with Crippen molar-refractivity contribution in [1.82, 2.24) is 4.68 Å². The van der Waals surface area contributed by atoms with Crippen LogP contribution in [0.4, 0.5) is 0 Å². The van der Waals surface area contributed by atoms with Gasteiger partial charge in [0.05, 0.1) is 5.69 Å². The molecule has 4 aromatic rings. The first-order valence-corrected chi connectivity index (χ1v) is 10.2. The molecule has 1 aromatic heterocycles. The van der Waals surface area contributed by atoms with Crippen molar-refractivity contribution < 1.29 is 4.68 Å². The number of aryl methyl sites for hydroxylation is 5. The minimum atomic E-state index is 1.23. The van der Waals surface area contributed by atoms with Gasteiger partial charge in [0, 0.05) is 13.0 Å². The maximum absolute atomic E-state index is 2.32. The highest BCUT2D eigenvalue weighted by molar-refractivity contribution is 5.77. The van der Waals surface area contributed by atoms with E-state index in [1.807, 2.05) is 0 Å². The Kier molecular flexibility index (Phi) is 4.87. The van der Waals surface area contributed by atoms with Gasteiger partial charge in [0.15, 0.2) is 7.05 Å². The first-order valence-electron chi connectivity index (χ1n) is 10.2. The van der Waals surface area contributed by atoms with Gasteiger partial charge in [-0.25, -0.2) is 0 Å². The molecule has 3 aromatic carbocycles. The van der Waals surface area contributed by atoms with Crippen LogP contribution in [0.1, 0.15) is 28.1 Å². The lowest BCUT2D eigenvalue weighted by atomic mass is 9.90. The Morgan fingerprint density at radius 1 is 0.621 bits per heavy atom. The summed E-state index contributed by atoms with van der Waals surface area (Å²) in [7, 11) is 2.12. The Balaban J connectivity index is 1.79. The summed E-state index contributed by atoms with van der Waals surface area (Å²) in [5.41, 5.74) is 12.8. The average Bonchev–Trinajstić information content (AvgIpc) is 2.94. The Bertz CT molecular complexity index is 1170. The second-order valence-electron chi connectivity index (χ2n) is 8.11. The molecule has 1 heterocycles. The van der Waals surface area contributed by atoms with E-state index in [-0.39, 0.29) is 0 Å². The van der Waals surface area contributed by atoms with Gasteiger partial charge in [-0.3, -0.25) is 0 Å². The van der Waals surface area contributed by atoms with Crippen LogP contribution in [0.2, 0.25) is 0 Å². The number of hydrogen-bond acceptors (Lipinski definition) is 0. The van der Waals surface area contributed by atoms with Gasteiger partial charge >= 0.3 is 0 Å². The molecule has 0 bridgehead atoms. The highest BCUT2D eigenvalue weighted by atomic mass is 15.4. The standard InChI is InChI=1S/C27H29N2/c1-18-14-24(12-13-26(18)29-22(5)17-21(4)28(29)6)27-19(2)15-25(16-20(27)3)23-10-8-7-9-11-23/h7-17H,1-6H3/q+1. The first kappa shape index (κ1) is 19.2. The lowest BCUT2D eigenvalue weighted by molar-refractivity contribution is -0.749. The Morgan fingerprint density at radius 3 is 1.79 bits per heavy atom. The summed E-state index contributed by atoms with van der Waals surface area (Å²) in [4.78, 5) is 0. The molecule has 29 heavy (non-hydrogen) atoms. The smallest absolute Gasteiger partial charge is 0.125 e. The van der Waals surface area contributed by atoms with Crippen LogP contribution in [0.25, 0.3) is 27.9 Å². The molecule has 0 saturated heterocycles. The van der Waals surface area contributed by atoms with Crippen LogP contribution < -0.4 is 4.68 Å². The molecule has 0 fully saturated rings. The molecule has 0 N–H and O–H groups in total. The Hall–Kier alpha value is -3.13. The van der Waals surface area contributed by atoms with Crippen molar-refractivity contribution in [3.05, 3.63) is 94.8 Å². The summed E-state index contributed by atoms with van der Waals surface area (Å²) in [6.45, 7) is 11.0. The van der Waals surface area contributed by atoms with Crippen LogP contribution in [0.5, 0.6) is 0 Å². The van der Waals surface area contributed by atoms with E-state index in [0.717, 1.165) is 0 Å². The van der Waals surface area contributed by atoms with E-state index in [9.17, 15) is 0 Å². The lowest BCUT2D eigenvalue weighted by Gasteiger charge is -2.15. The van der Waals surface area contributed by atoms with Crippen molar-refractivity contribution in [3.63, 3.8) is 0 Å². The number of benzene rings is 3. The molecule has 0 radical (unpaired) electrons. The second-order valence-corrected chi connectivity index (χ2v) is 8.11. The zero-order valence-corrected chi connectivity index (χ0v) is 18.2. The topological polar surface area (TPSA) is 8.81 Å². The van der Waals surface area contributed by atoms with Crippen molar-refractivity contribution in [2.45, 2.75) is 34.6 Å². The summed E-state index contributed by atoms with van der Waals surface area (Å²) >= 11 is 0. The van der Waals surface area contributed by atoms with E-state index in [1.165, 1.54) is 56.0 Å². The molecule has 2 nitrogen and oxygen atoms in total. The largest absolute Gasteiger partial charge is 0.205 e. The molecule has 4 rings (SSSR count). The fraction of sp³-hybridized carbons (Fsp3) is 0.222. The molecule has 0 saturated carbocycles. The summed E-state index contributed by atoms with van der Waals surface area (Å²) in [5, 5.41) is 0. The molecule has 146 valence electrons. The fourth-order valence-corrected chi connectivity index (χ4v) is 4.47. The molecule has 0 aliphatic carbocycles. The van der Waals surface area contributed by atoms with Crippen molar-refractivity contribution in [2.24, 2.45) is 7.05 Å². The zero-order valence-electron chi connectivity index (χ0n) is 18.2. The molecule has 0 atom stereocenters. The highest BCUT2D eigenvalue weighted by Crippen LogP contribution is 2.33. The van der Waals surface area contributed by atoms with Crippen molar-refractivity contribution in [2.75, 3.05) is 0 Å². The van der Waals surface area contributed by atoms with Crippen LogP contribution in [-0.4, -0.2) is 4.68 Å². The lowest BCUT2D eigenvalue weighted by Crippen LogP contribution is -2.40. The maximum Gasteiger partial charge on any atom is 0.205 e. The van der Waals surface area contributed by atoms with Crippen LogP contribution in [0.15, 0.2) is 66.7 Å². The minimum absolute atomic E-state index is 1.23. The van der Waals surface area contributed by atoms with Gasteiger partial charge in [0.1, 0.15) is 5.69 Å². The van der Waals surface area contributed by atoms with Gasteiger partial charge in [-0.15, -0.1) is 9.36 Å². The van der Waals surface area contributed by atoms with Gasteiger partial charge in [-0.05, 0) is 78.8 Å². The third-order valence-corrected chi connectivity index (χ3v) is 5.92. The number of hydrogen-bond donors (Lipinski definition) is 0. The predicted octanol–water partition coefficient (Wildman–Crippen LogP) is 6.18. The van der Waals surface area contributed by atoms with Gasteiger partial charge in [-0.1, -0.05) is 48.5 Å². The van der Waals surface area contributed by atoms with Crippen LogP contribution >= 0.6 is 0 Å². The summed E-state index contributed by atoms with van der Waals surface area (Å²) in [5.74, 6) is 0. The molecular weight excluding hydrogens is 352 g/mol. The van der Waals surface area contributed by atoms with Crippen LogP contribution in [0, 0.1) is 34.6 Å². The third kappa shape index (κ3) is 3.40. The first-order chi connectivity index (χ1) is 13.9. The number of aromatic nitrogens is 2. The second kappa shape index (κ2) is 7.36. The fourth-order valence-electron chi connectivity index (χ4n) is 4.47. The minimum Gasteiger partial charge on any atom is -0.125 e. The van der Waals surface area contributed by atoms with Gasteiger partial charge in [-0.2, -0.15) is 0 Å². The molecular formula is C27H29N2+. The molecule has 0 aliphatic heterocycles.